The highest BCUT2D eigenvalue weighted by molar-refractivity contribution is 5.69. The average Bonchev–Trinajstić information content (AvgIpc) is 2.58. The van der Waals surface area contributed by atoms with Crippen LogP contribution in [0.25, 0.3) is 0 Å². The fraction of sp³-hybridized carbons (Fsp3) is 0.556. The predicted octanol–water partition coefficient (Wildman–Crippen LogP) is 0.636. The number of aryl methyl sites for hydroxylation is 1. The fourth-order valence-corrected chi connectivity index (χ4v) is 0.971. The lowest BCUT2D eigenvalue weighted by molar-refractivity contribution is -0.140. The van der Waals surface area contributed by atoms with E-state index in [4.69, 9.17) is 4.42 Å². The second-order valence-electron chi connectivity index (χ2n) is 2.87. The van der Waals surface area contributed by atoms with E-state index in [1.165, 1.54) is 7.11 Å². The Morgan fingerprint density at radius 3 is 3.07 bits per heavy atom. The van der Waals surface area contributed by atoms with Crippen molar-refractivity contribution in [1.29, 1.82) is 0 Å². The largest absolute Gasteiger partial charge is 0.469 e. The highest BCUT2D eigenvalue weighted by Gasteiger charge is 2.01. The van der Waals surface area contributed by atoms with Crippen molar-refractivity contribution in [3.8, 4) is 0 Å². The van der Waals surface area contributed by atoms with E-state index in [9.17, 15) is 4.79 Å². The normalized spacial score (nSPS) is 10.1. The van der Waals surface area contributed by atoms with Crippen LogP contribution in [0.15, 0.2) is 10.6 Å². The predicted molar refractivity (Wildman–Crippen MR) is 49.6 cm³/mol. The number of carbonyl (C=O) groups excluding carboxylic acids is 1. The molecule has 0 saturated carbocycles. The van der Waals surface area contributed by atoms with E-state index in [2.05, 4.69) is 15.0 Å². The lowest BCUT2D eigenvalue weighted by Crippen LogP contribution is -2.18. The van der Waals surface area contributed by atoms with Crippen LogP contribution in [-0.2, 0) is 16.1 Å². The molecule has 0 atom stereocenters. The third-order valence-electron chi connectivity index (χ3n) is 1.68. The summed E-state index contributed by atoms with van der Waals surface area (Å²) >= 11 is 0. The van der Waals surface area contributed by atoms with Crippen molar-refractivity contribution in [1.82, 2.24) is 10.3 Å². The van der Waals surface area contributed by atoms with Gasteiger partial charge in [-0.1, -0.05) is 0 Å². The maximum Gasteiger partial charge on any atom is 0.306 e. The number of aromatic nitrogens is 1. The number of methoxy groups -OCH3 is 1. The zero-order valence-corrected chi connectivity index (χ0v) is 8.37. The molecule has 0 unspecified atom stereocenters. The molecule has 0 radical (unpaired) electrons. The Hall–Kier alpha value is -1.36. The quantitative estimate of drug-likeness (QED) is 0.555. The maximum atomic E-state index is 10.7. The van der Waals surface area contributed by atoms with Gasteiger partial charge in [-0.15, -0.1) is 0 Å². The van der Waals surface area contributed by atoms with Crippen LogP contribution in [0, 0.1) is 6.92 Å². The third kappa shape index (κ3) is 3.57. The number of esters is 1. The van der Waals surface area contributed by atoms with Crippen LogP contribution in [0.4, 0.5) is 0 Å². The molecule has 0 aliphatic heterocycles. The minimum Gasteiger partial charge on any atom is -0.469 e. The molecule has 5 heteroatoms. The van der Waals surface area contributed by atoms with Gasteiger partial charge in [-0.3, -0.25) is 4.79 Å². The van der Waals surface area contributed by atoms with Crippen LogP contribution in [0.1, 0.15) is 18.1 Å². The topological polar surface area (TPSA) is 64.4 Å². The fourth-order valence-electron chi connectivity index (χ4n) is 0.971. The molecule has 1 aromatic rings. The lowest BCUT2D eigenvalue weighted by atomic mass is 10.4. The van der Waals surface area contributed by atoms with Crippen molar-refractivity contribution in [2.45, 2.75) is 19.9 Å². The van der Waals surface area contributed by atoms with Crippen LogP contribution < -0.4 is 5.32 Å². The molecule has 0 bridgehead atoms. The van der Waals surface area contributed by atoms with Crippen LogP contribution in [0.5, 0.6) is 0 Å². The molecular weight excluding hydrogens is 184 g/mol. The Morgan fingerprint density at radius 2 is 2.50 bits per heavy atom. The van der Waals surface area contributed by atoms with E-state index in [0.29, 0.717) is 25.4 Å². The number of ether oxygens (including phenoxy) is 1. The van der Waals surface area contributed by atoms with E-state index in [1.54, 1.807) is 6.20 Å². The summed E-state index contributed by atoms with van der Waals surface area (Å²) in [6.07, 6.45) is 2.02. The number of nitrogens with zero attached hydrogens (tertiary/aromatic N) is 1. The first-order valence-electron chi connectivity index (χ1n) is 4.41. The second kappa shape index (κ2) is 5.39. The summed E-state index contributed by atoms with van der Waals surface area (Å²) in [7, 11) is 1.37. The second-order valence-corrected chi connectivity index (χ2v) is 2.87. The number of rotatable bonds is 5. The minimum atomic E-state index is -0.221. The van der Waals surface area contributed by atoms with Gasteiger partial charge in [0, 0.05) is 6.54 Å². The Labute approximate surface area is 82.5 Å². The van der Waals surface area contributed by atoms with Gasteiger partial charge >= 0.3 is 5.97 Å². The summed E-state index contributed by atoms with van der Waals surface area (Å²) in [6.45, 7) is 2.93. The Kier molecular flexibility index (Phi) is 4.12. The molecule has 1 aromatic heterocycles. The maximum absolute atomic E-state index is 10.7. The first-order chi connectivity index (χ1) is 6.72. The molecule has 0 aliphatic carbocycles. The smallest absolute Gasteiger partial charge is 0.306 e. The minimum absolute atomic E-state index is 0.221. The van der Waals surface area contributed by atoms with Crippen molar-refractivity contribution in [2.24, 2.45) is 0 Å². The Balaban J connectivity index is 2.13. The Morgan fingerprint density at radius 1 is 1.71 bits per heavy atom. The summed E-state index contributed by atoms with van der Waals surface area (Å²) < 4.78 is 9.72. The summed E-state index contributed by atoms with van der Waals surface area (Å²) in [5.74, 6) is 1.20. The van der Waals surface area contributed by atoms with Gasteiger partial charge in [-0.25, -0.2) is 4.98 Å². The van der Waals surface area contributed by atoms with Gasteiger partial charge in [0.25, 0.3) is 0 Å². The molecule has 0 fully saturated rings. The van der Waals surface area contributed by atoms with Gasteiger partial charge in [0.05, 0.1) is 26.3 Å². The van der Waals surface area contributed by atoms with Gasteiger partial charge in [-0.2, -0.15) is 0 Å². The van der Waals surface area contributed by atoms with Crippen LogP contribution in [-0.4, -0.2) is 24.6 Å². The standard InChI is InChI=1S/C9H14N2O3/c1-7-5-11-8(14-7)6-10-4-3-9(12)13-2/h5,10H,3-4,6H2,1-2H3. The first kappa shape index (κ1) is 10.7. The molecule has 14 heavy (non-hydrogen) atoms. The number of nitrogens with one attached hydrogen (secondary N) is 1. The van der Waals surface area contributed by atoms with Crippen molar-refractivity contribution in [3.05, 3.63) is 17.8 Å². The zero-order chi connectivity index (χ0) is 10.4. The molecule has 1 N–H and O–H groups in total. The molecule has 5 nitrogen and oxygen atoms in total. The molecular formula is C9H14N2O3. The van der Waals surface area contributed by atoms with Crippen molar-refractivity contribution in [2.75, 3.05) is 13.7 Å². The average molecular weight is 198 g/mol. The summed E-state index contributed by atoms with van der Waals surface area (Å²) in [5.41, 5.74) is 0. The molecule has 0 spiro atoms. The van der Waals surface area contributed by atoms with Crippen LogP contribution >= 0.6 is 0 Å². The number of hydrogen-bond donors (Lipinski definition) is 1. The summed E-state index contributed by atoms with van der Waals surface area (Å²) in [5, 5.41) is 3.02. The van der Waals surface area contributed by atoms with Crippen LogP contribution in [0.3, 0.4) is 0 Å². The van der Waals surface area contributed by atoms with E-state index < -0.39 is 0 Å². The van der Waals surface area contributed by atoms with Crippen molar-refractivity contribution in [3.63, 3.8) is 0 Å². The zero-order valence-electron chi connectivity index (χ0n) is 8.37. The van der Waals surface area contributed by atoms with E-state index in [1.807, 2.05) is 6.92 Å². The molecule has 0 aromatic carbocycles. The van der Waals surface area contributed by atoms with Gasteiger partial charge in [0.1, 0.15) is 5.76 Å². The molecule has 0 amide bonds. The monoisotopic (exact) mass is 198 g/mol. The summed E-state index contributed by atoms with van der Waals surface area (Å²) in [6, 6.07) is 0. The van der Waals surface area contributed by atoms with E-state index in [-0.39, 0.29) is 5.97 Å². The van der Waals surface area contributed by atoms with Gasteiger partial charge in [-0.05, 0) is 6.92 Å². The molecule has 1 heterocycles. The molecule has 1 rings (SSSR count). The highest BCUT2D eigenvalue weighted by Crippen LogP contribution is 2.00. The first-order valence-corrected chi connectivity index (χ1v) is 4.41. The lowest BCUT2D eigenvalue weighted by Gasteiger charge is -2.00. The SMILES string of the molecule is COC(=O)CCNCc1ncc(C)o1. The summed E-state index contributed by atoms with van der Waals surface area (Å²) in [4.78, 5) is 14.7. The third-order valence-corrected chi connectivity index (χ3v) is 1.68. The van der Waals surface area contributed by atoms with Gasteiger partial charge < -0.3 is 14.5 Å². The molecule has 0 saturated heterocycles. The Bertz CT molecular complexity index is 296. The van der Waals surface area contributed by atoms with Crippen LogP contribution in [0.2, 0.25) is 0 Å². The van der Waals surface area contributed by atoms with Gasteiger partial charge in [0.15, 0.2) is 0 Å². The van der Waals surface area contributed by atoms with Crippen molar-refractivity contribution < 1.29 is 13.9 Å². The number of carbonyl (C=O) groups is 1. The molecule has 78 valence electrons. The van der Waals surface area contributed by atoms with Crippen molar-refractivity contribution >= 4 is 5.97 Å². The van der Waals surface area contributed by atoms with E-state index >= 15 is 0 Å². The number of hydrogen-bond acceptors (Lipinski definition) is 5. The number of oxazole rings is 1. The van der Waals surface area contributed by atoms with Gasteiger partial charge in [0.2, 0.25) is 5.89 Å². The van der Waals surface area contributed by atoms with E-state index in [0.717, 1.165) is 5.76 Å². The highest BCUT2D eigenvalue weighted by atomic mass is 16.5. The molecule has 0 aliphatic rings.